The van der Waals surface area contributed by atoms with Crippen LogP contribution in [0.5, 0.6) is 0 Å². The van der Waals surface area contributed by atoms with E-state index in [9.17, 15) is 9.59 Å². The highest BCUT2D eigenvalue weighted by Crippen LogP contribution is 2.23. The van der Waals surface area contributed by atoms with E-state index < -0.39 is 5.56 Å². The third-order valence-corrected chi connectivity index (χ3v) is 4.60. The van der Waals surface area contributed by atoms with Crippen LogP contribution in [-0.4, -0.2) is 40.6 Å². The van der Waals surface area contributed by atoms with Crippen molar-refractivity contribution < 1.29 is 14.3 Å². The van der Waals surface area contributed by atoms with Gasteiger partial charge in [0, 0.05) is 19.7 Å². The molecule has 3 rings (SSSR count). The highest BCUT2D eigenvalue weighted by Gasteiger charge is 2.25. The molecule has 1 aliphatic rings. The Balaban J connectivity index is 1.67. The quantitative estimate of drug-likeness (QED) is 0.880. The normalized spacial score (nSPS) is 15.6. The van der Waals surface area contributed by atoms with E-state index in [4.69, 9.17) is 9.52 Å². The molecular formula is C18H22N2O4. The van der Waals surface area contributed by atoms with E-state index in [1.165, 1.54) is 6.26 Å². The number of nitrogens with zero attached hydrogens (tertiary/aromatic N) is 1. The van der Waals surface area contributed by atoms with Gasteiger partial charge in [0.2, 0.25) is 0 Å². The predicted molar refractivity (Wildman–Crippen MR) is 89.7 cm³/mol. The molecule has 0 bridgehead atoms. The first kappa shape index (κ1) is 16.5. The van der Waals surface area contributed by atoms with Crippen LogP contribution in [0.4, 0.5) is 0 Å². The highest BCUT2D eigenvalue weighted by molar-refractivity contribution is 5.94. The molecule has 6 nitrogen and oxygen atoms in total. The number of nitrogens with one attached hydrogen (secondary N) is 1. The molecule has 0 unspecified atom stereocenters. The lowest BCUT2D eigenvalue weighted by molar-refractivity contribution is 0.0681. The number of aliphatic hydroxyl groups is 1. The van der Waals surface area contributed by atoms with Gasteiger partial charge in [-0.05, 0) is 55.9 Å². The van der Waals surface area contributed by atoms with E-state index in [1.807, 2.05) is 0 Å². The molecule has 2 N–H and O–H groups in total. The number of amides is 1. The van der Waals surface area contributed by atoms with Gasteiger partial charge in [-0.2, -0.15) is 0 Å². The number of aliphatic hydroxyl groups excluding tert-OH is 1. The number of hydrogen-bond acceptors (Lipinski definition) is 4. The highest BCUT2D eigenvalue weighted by atomic mass is 16.3. The van der Waals surface area contributed by atoms with E-state index in [2.05, 4.69) is 4.98 Å². The van der Waals surface area contributed by atoms with Crippen LogP contribution < -0.4 is 5.56 Å². The fraction of sp³-hybridized carbons (Fsp3) is 0.444. The summed E-state index contributed by atoms with van der Waals surface area (Å²) in [4.78, 5) is 29.3. The topological polar surface area (TPSA) is 86.5 Å². The van der Waals surface area contributed by atoms with Crippen LogP contribution in [-0.2, 0) is 0 Å². The lowest BCUT2D eigenvalue weighted by atomic mass is 9.92. The molecule has 0 radical (unpaired) electrons. The van der Waals surface area contributed by atoms with Crippen LogP contribution in [0, 0.1) is 5.92 Å². The van der Waals surface area contributed by atoms with E-state index in [-0.39, 0.29) is 18.1 Å². The Morgan fingerprint density at radius 3 is 2.71 bits per heavy atom. The van der Waals surface area contributed by atoms with Gasteiger partial charge in [0.1, 0.15) is 11.3 Å². The summed E-state index contributed by atoms with van der Waals surface area (Å²) in [6.07, 6.45) is 5.19. The van der Waals surface area contributed by atoms with Crippen molar-refractivity contribution in [2.24, 2.45) is 5.92 Å². The molecule has 2 aromatic rings. The Hall–Kier alpha value is -2.34. The van der Waals surface area contributed by atoms with Gasteiger partial charge in [-0.25, -0.2) is 0 Å². The standard InChI is InChI=1S/C18H22N2O4/c21-11-1-3-13-7-9-20(10-8-13)18(23)14-5-6-15(19-17(14)22)16-4-2-12-24-16/h2,4-6,12-13,21H,1,3,7-11H2,(H,19,22). The van der Waals surface area contributed by atoms with Gasteiger partial charge in [0.05, 0.1) is 12.0 Å². The molecule has 6 heteroatoms. The van der Waals surface area contributed by atoms with Gasteiger partial charge < -0.3 is 19.4 Å². The molecule has 3 heterocycles. The lowest BCUT2D eigenvalue weighted by Gasteiger charge is -2.31. The number of aromatic nitrogens is 1. The number of pyridine rings is 1. The molecule has 0 saturated carbocycles. The Kier molecular flexibility index (Phi) is 5.15. The van der Waals surface area contributed by atoms with E-state index in [0.717, 1.165) is 25.7 Å². The smallest absolute Gasteiger partial charge is 0.261 e. The summed E-state index contributed by atoms with van der Waals surface area (Å²) in [5, 5.41) is 8.90. The molecule has 128 valence electrons. The summed E-state index contributed by atoms with van der Waals surface area (Å²) in [7, 11) is 0. The monoisotopic (exact) mass is 330 g/mol. The average Bonchev–Trinajstić information content (AvgIpc) is 3.14. The van der Waals surface area contributed by atoms with Crippen LogP contribution in [0.1, 0.15) is 36.0 Å². The van der Waals surface area contributed by atoms with Gasteiger partial charge >= 0.3 is 0 Å². The third kappa shape index (κ3) is 3.59. The number of furan rings is 1. The first-order valence-corrected chi connectivity index (χ1v) is 8.36. The van der Waals surface area contributed by atoms with Gasteiger partial charge in [-0.3, -0.25) is 9.59 Å². The predicted octanol–water partition coefficient (Wildman–Crippen LogP) is 2.26. The largest absolute Gasteiger partial charge is 0.463 e. The first-order chi connectivity index (χ1) is 11.7. The van der Waals surface area contributed by atoms with Gasteiger partial charge in [0.25, 0.3) is 11.5 Å². The molecule has 1 aliphatic heterocycles. The minimum absolute atomic E-state index is 0.166. The number of rotatable bonds is 5. The molecular weight excluding hydrogens is 308 g/mol. The SMILES string of the molecule is O=C(c1ccc(-c2ccco2)[nH]c1=O)N1CCC(CCCO)CC1. The number of likely N-dealkylation sites (tertiary alicyclic amines) is 1. The van der Waals surface area contributed by atoms with Crippen LogP contribution in [0.3, 0.4) is 0 Å². The minimum atomic E-state index is -0.392. The van der Waals surface area contributed by atoms with Gasteiger partial charge in [-0.1, -0.05) is 0 Å². The summed E-state index contributed by atoms with van der Waals surface area (Å²) in [6.45, 7) is 1.54. The van der Waals surface area contributed by atoms with Gasteiger partial charge in [0.15, 0.2) is 0 Å². The van der Waals surface area contributed by atoms with Crippen molar-refractivity contribution in [1.82, 2.24) is 9.88 Å². The number of aromatic amines is 1. The Morgan fingerprint density at radius 1 is 1.29 bits per heavy atom. The Labute approximate surface area is 140 Å². The van der Waals surface area contributed by atoms with Crippen molar-refractivity contribution in [3.8, 4) is 11.5 Å². The lowest BCUT2D eigenvalue weighted by Crippen LogP contribution is -2.40. The number of piperidine rings is 1. The maximum Gasteiger partial charge on any atom is 0.261 e. The van der Waals surface area contributed by atoms with Gasteiger partial charge in [-0.15, -0.1) is 0 Å². The van der Waals surface area contributed by atoms with Crippen molar-refractivity contribution in [2.45, 2.75) is 25.7 Å². The Bertz CT molecular complexity index is 728. The summed E-state index contributed by atoms with van der Waals surface area (Å²) in [6, 6.07) is 6.76. The van der Waals surface area contributed by atoms with Crippen LogP contribution in [0.2, 0.25) is 0 Å². The zero-order chi connectivity index (χ0) is 16.9. The number of carbonyl (C=O) groups excluding carboxylic acids is 1. The maximum atomic E-state index is 12.6. The van der Waals surface area contributed by atoms with Crippen molar-refractivity contribution >= 4 is 5.91 Å². The Morgan fingerprint density at radius 2 is 2.08 bits per heavy atom. The molecule has 0 atom stereocenters. The van der Waals surface area contributed by atoms with E-state index in [0.29, 0.717) is 30.5 Å². The zero-order valence-electron chi connectivity index (χ0n) is 13.5. The maximum absolute atomic E-state index is 12.6. The molecule has 1 fully saturated rings. The van der Waals surface area contributed by atoms with Crippen LogP contribution in [0.25, 0.3) is 11.5 Å². The molecule has 1 saturated heterocycles. The van der Waals surface area contributed by atoms with E-state index in [1.54, 1.807) is 29.2 Å². The summed E-state index contributed by atoms with van der Waals surface area (Å²) >= 11 is 0. The number of hydrogen-bond donors (Lipinski definition) is 2. The van der Waals surface area contributed by atoms with Crippen molar-refractivity contribution in [2.75, 3.05) is 19.7 Å². The summed E-state index contributed by atoms with van der Waals surface area (Å²) in [5.74, 6) is 0.902. The molecule has 0 aliphatic carbocycles. The fourth-order valence-electron chi connectivity index (χ4n) is 3.19. The molecule has 2 aromatic heterocycles. The second-order valence-corrected chi connectivity index (χ2v) is 6.19. The van der Waals surface area contributed by atoms with Crippen LogP contribution >= 0.6 is 0 Å². The zero-order valence-corrected chi connectivity index (χ0v) is 13.5. The van der Waals surface area contributed by atoms with E-state index >= 15 is 0 Å². The molecule has 1 amide bonds. The molecule has 0 spiro atoms. The molecule has 0 aromatic carbocycles. The van der Waals surface area contributed by atoms with Crippen molar-refractivity contribution in [3.63, 3.8) is 0 Å². The first-order valence-electron chi connectivity index (χ1n) is 8.36. The molecule has 24 heavy (non-hydrogen) atoms. The van der Waals surface area contributed by atoms with Crippen molar-refractivity contribution in [3.05, 3.63) is 46.4 Å². The summed E-state index contributed by atoms with van der Waals surface area (Å²) in [5.41, 5.74) is 0.333. The fourth-order valence-corrected chi connectivity index (χ4v) is 3.19. The van der Waals surface area contributed by atoms with Crippen LogP contribution in [0.15, 0.2) is 39.7 Å². The third-order valence-electron chi connectivity index (χ3n) is 4.60. The number of H-pyrrole nitrogens is 1. The number of carbonyl (C=O) groups is 1. The second kappa shape index (κ2) is 7.49. The minimum Gasteiger partial charge on any atom is -0.463 e. The average molecular weight is 330 g/mol. The summed E-state index contributed by atoms with van der Waals surface area (Å²) < 4.78 is 5.25. The van der Waals surface area contributed by atoms with Crippen molar-refractivity contribution in [1.29, 1.82) is 0 Å². The second-order valence-electron chi connectivity index (χ2n) is 6.19.